The predicted molar refractivity (Wildman–Crippen MR) is 92.5 cm³/mol. The lowest BCUT2D eigenvalue weighted by Gasteiger charge is -2.34. The maximum Gasteiger partial charge on any atom is 0.251 e. The second-order valence-corrected chi connectivity index (χ2v) is 6.73. The third-order valence-electron chi connectivity index (χ3n) is 4.56. The molecule has 1 fully saturated rings. The van der Waals surface area contributed by atoms with Crippen LogP contribution in [0.4, 0.5) is 5.69 Å². The lowest BCUT2D eigenvalue weighted by Crippen LogP contribution is -2.41. The third kappa shape index (κ3) is 4.47. The van der Waals surface area contributed by atoms with Gasteiger partial charge in [-0.25, -0.2) is 0 Å². The summed E-state index contributed by atoms with van der Waals surface area (Å²) < 4.78 is 0. The number of hydrogen-bond donors (Lipinski definition) is 1. The summed E-state index contributed by atoms with van der Waals surface area (Å²) in [5.74, 6) is 0.644. The van der Waals surface area contributed by atoms with Gasteiger partial charge in [0.2, 0.25) is 0 Å². The average Bonchev–Trinajstić information content (AvgIpc) is 2.53. The highest BCUT2D eigenvalue weighted by molar-refractivity contribution is 5.95. The van der Waals surface area contributed by atoms with Gasteiger partial charge in [-0.05, 0) is 63.9 Å². The van der Waals surface area contributed by atoms with Crippen LogP contribution in [0, 0.1) is 5.92 Å². The van der Waals surface area contributed by atoms with Crippen molar-refractivity contribution >= 4 is 11.6 Å². The molecule has 1 aromatic rings. The first-order valence-corrected chi connectivity index (χ1v) is 8.27. The monoisotopic (exact) mass is 303 g/mol. The van der Waals surface area contributed by atoms with E-state index in [0.29, 0.717) is 12.0 Å². The SMILES string of the molecule is CC(C)N1CCC(CNC(=O)c2cccc(N(C)C)c2)CC1. The fourth-order valence-corrected chi connectivity index (χ4v) is 2.94. The van der Waals surface area contributed by atoms with Gasteiger partial charge in [0, 0.05) is 37.9 Å². The summed E-state index contributed by atoms with van der Waals surface area (Å²) in [6.07, 6.45) is 2.35. The van der Waals surface area contributed by atoms with E-state index >= 15 is 0 Å². The summed E-state index contributed by atoms with van der Waals surface area (Å²) in [5.41, 5.74) is 1.80. The van der Waals surface area contributed by atoms with Gasteiger partial charge >= 0.3 is 0 Å². The van der Waals surface area contributed by atoms with Crippen LogP contribution >= 0.6 is 0 Å². The minimum atomic E-state index is 0.0370. The molecule has 1 aliphatic rings. The molecule has 2 rings (SSSR count). The predicted octanol–water partition coefficient (Wildman–Crippen LogP) is 2.60. The molecule has 4 heteroatoms. The molecule has 0 saturated carbocycles. The Hall–Kier alpha value is -1.55. The molecule has 4 nitrogen and oxygen atoms in total. The number of carbonyl (C=O) groups excluding carboxylic acids is 1. The van der Waals surface area contributed by atoms with Gasteiger partial charge in [0.1, 0.15) is 0 Å². The van der Waals surface area contributed by atoms with Crippen molar-refractivity contribution in [2.24, 2.45) is 5.92 Å². The zero-order chi connectivity index (χ0) is 16.1. The van der Waals surface area contributed by atoms with Crippen molar-refractivity contribution in [2.45, 2.75) is 32.7 Å². The largest absolute Gasteiger partial charge is 0.378 e. The standard InChI is InChI=1S/C18H29N3O/c1-14(2)21-10-8-15(9-11-21)13-19-18(22)16-6-5-7-17(12-16)20(3)4/h5-7,12,14-15H,8-11,13H2,1-4H3,(H,19,22). The van der Waals surface area contributed by atoms with E-state index in [1.165, 1.54) is 12.8 Å². The third-order valence-corrected chi connectivity index (χ3v) is 4.56. The van der Waals surface area contributed by atoms with Crippen molar-refractivity contribution in [3.8, 4) is 0 Å². The lowest BCUT2D eigenvalue weighted by molar-refractivity contribution is 0.0929. The summed E-state index contributed by atoms with van der Waals surface area (Å²) in [5, 5.41) is 3.10. The zero-order valence-electron chi connectivity index (χ0n) is 14.3. The summed E-state index contributed by atoms with van der Waals surface area (Å²) in [4.78, 5) is 16.8. The van der Waals surface area contributed by atoms with Crippen molar-refractivity contribution in [2.75, 3.05) is 38.6 Å². The number of anilines is 1. The van der Waals surface area contributed by atoms with Gasteiger partial charge in [-0.3, -0.25) is 4.79 Å². The minimum absolute atomic E-state index is 0.0370. The number of amides is 1. The molecule has 1 aliphatic heterocycles. The Morgan fingerprint density at radius 3 is 2.59 bits per heavy atom. The van der Waals surface area contributed by atoms with Crippen LogP contribution < -0.4 is 10.2 Å². The molecule has 1 aromatic carbocycles. The second-order valence-electron chi connectivity index (χ2n) is 6.73. The van der Waals surface area contributed by atoms with Crippen molar-refractivity contribution < 1.29 is 4.79 Å². The molecule has 1 heterocycles. The number of rotatable bonds is 5. The van der Waals surface area contributed by atoms with E-state index in [0.717, 1.165) is 30.9 Å². The Morgan fingerprint density at radius 2 is 2.00 bits per heavy atom. The van der Waals surface area contributed by atoms with Gasteiger partial charge in [-0.2, -0.15) is 0 Å². The van der Waals surface area contributed by atoms with Gasteiger partial charge in [-0.15, -0.1) is 0 Å². The Balaban J connectivity index is 1.82. The van der Waals surface area contributed by atoms with E-state index in [1.54, 1.807) is 0 Å². The molecule has 1 N–H and O–H groups in total. The fraction of sp³-hybridized carbons (Fsp3) is 0.611. The van der Waals surface area contributed by atoms with Crippen LogP contribution in [0.5, 0.6) is 0 Å². The molecule has 0 radical (unpaired) electrons. The van der Waals surface area contributed by atoms with E-state index in [2.05, 4.69) is 24.1 Å². The summed E-state index contributed by atoms with van der Waals surface area (Å²) in [6, 6.07) is 8.40. The Labute approximate surface area is 134 Å². The van der Waals surface area contributed by atoms with Gasteiger partial charge in [-0.1, -0.05) is 6.07 Å². The number of nitrogens with zero attached hydrogens (tertiary/aromatic N) is 2. The fourth-order valence-electron chi connectivity index (χ4n) is 2.94. The van der Waals surface area contributed by atoms with Crippen molar-refractivity contribution in [1.29, 1.82) is 0 Å². The van der Waals surface area contributed by atoms with E-state index in [1.807, 2.05) is 43.3 Å². The summed E-state index contributed by atoms with van der Waals surface area (Å²) >= 11 is 0. The summed E-state index contributed by atoms with van der Waals surface area (Å²) in [7, 11) is 3.97. The van der Waals surface area contributed by atoms with Gasteiger partial charge in [0.25, 0.3) is 5.91 Å². The Kier molecular flexibility index (Phi) is 5.83. The Bertz CT molecular complexity index is 491. The average molecular weight is 303 g/mol. The number of hydrogen-bond acceptors (Lipinski definition) is 3. The van der Waals surface area contributed by atoms with Gasteiger partial charge in [0.05, 0.1) is 0 Å². The molecule has 0 unspecified atom stereocenters. The molecular weight excluding hydrogens is 274 g/mol. The smallest absolute Gasteiger partial charge is 0.251 e. The molecule has 0 aromatic heterocycles. The van der Waals surface area contributed by atoms with Crippen LogP contribution in [0.15, 0.2) is 24.3 Å². The molecule has 0 aliphatic carbocycles. The number of nitrogens with one attached hydrogen (secondary N) is 1. The highest BCUT2D eigenvalue weighted by atomic mass is 16.1. The van der Waals surface area contributed by atoms with E-state index in [4.69, 9.17) is 0 Å². The topological polar surface area (TPSA) is 35.6 Å². The van der Waals surface area contributed by atoms with E-state index in [-0.39, 0.29) is 5.91 Å². The molecule has 1 amide bonds. The van der Waals surface area contributed by atoms with Crippen LogP contribution in [-0.4, -0.2) is 50.6 Å². The normalized spacial score (nSPS) is 16.8. The van der Waals surface area contributed by atoms with Crippen molar-refractivity contribution in [3.05, 3.63) is 29.8 Å². The molecule has 1 saturated heterocycles. The first kappa shape index (κ1) is 16.8. The van der Waals surface area contributed by atoms with Crippen LogP contribution in [0.3, 0.4) is 0 Å². The number of benzene rings is 1. The maximum atomic E-state index is 12.3. The first-order valence-electron chi connectivity index (χ1n) is 8.27. The maximum absolute atomic E-state index is 12.3. The lowest BCUT2D eigenvalue weighted by atomic mass is 9.96. The number of carbonyl (C=O) groups is 1. The second kappa shape index (κ2) is 7.63. The van der Waals surface area contributed by atoms with Crippen molar-refractivity contribution in [3.63, 3.8) is 0 Å². The molecule has 0 atom stereocenters. The molecule has 122 valence electrons. The zero-order valence-corrected chi connectivity index (χ0v) is 14.3. The van der Waals surface area contributed by atoms with Gasteiger partial charge in [0.15, 0.2) is 0 Å². The van der Waals surface area contributed by atoms with Crippen LogP contribution in [0.2, 0.25) is 0 Å². The quantitative estimate of drug-likeness (QED) is 0.908. The van der Waals surface area contributed by atoms with Crippen LogP contribution in [0.1, 0.15) is 37.0 Å². The molecular formula is C18H29N3O. The van der Waals surface area contributed by atoms with Crippen molar-refractivity contribution in [1.82, 2.24) is 10.2 Å². The van der Waals surface area contributed by atoms with Gasteiger partial charge < -0.3 is 15.1 Å². The Morgan fingerprint density at radius 1 is 1.32 bits per heavy atom. The number of likely N-dealkylation sites (tertiary alicyclic amines) is 1. The summed E-state index contributed by atoms with van der Waals surface area (Å²) in [6.45, 7) is 7.58. The van der Waals surface area contributed by atoms with Crippen LogP contribution in [0.25, 0.3) is 0 Å². The molecule has 0 spiro atoms. The molecule has 0 bridgehead atoms. The highest BCUT2D eigenvalue weighted by Crippen LogP contribution is 2.18. The van der Waals surface area contributed by atoms with E-state index < -0.39 is 0 Å². The van der Waals surface area contributed by atoms with E-state index in [9.17, 15) is 4.79 Å². The number of piperidine rings is 1. The minimum Gasteiger partial charge on any atom is -0.378 e. The molecule has 22 heavy (non-hydrogen) atoms. The van der Waals surface area contributed by atoms with Crippen LogP contribution in [-0.2, 0) is 0 Å². The highest BCUT2D eigenvalue weighted by Gasteiger charge is 2.21. The first-order chi connectivity index (χ1) is 10.5.